The van der Waals surface area contributed by atoms with Crippen molar-refractivity contribution in [3.05, 3.63) is 23.9 Å². The van der Waals surface area contributed by atoms with Crippen LogP contribution in [0.15, 0.2) is 12.4 Å². The maximum Gasteiger partial charge on any atom is 0.109 e. The van der Waals surface area contributed by atoms with Crippen LogP contribution in [-0.2, 0) is 7.05 Å². The smallest absolute Gasteiger partial charge is 0.109 e. The molecular formula is C12H19N5. The average molecular weight is 233 g/mol. The normalized spacial score (nSPS) is 12.9. The second-order valence-corrected chi connectivity index (χ2v) is 4.46. The van der Waals surface area contributed by atoms with E-state index in [1.165, 1.54) is 0 Å². The van der Waals surface area contributed by atoms with Gasteiger partial charge in [-0.2, -0.15) is 5.10 Å². The van der Waals surface area contributed by atoms with E-state index >= 15 is 0 Å². The Hall–Kier alpha value is -1.62. The zero-order valence-electron chi connectivity index (χ0n) is 10.6. The van der Waals surface area contributed by atoms with Crippen molar-refractivity contribution in [2.75, 3.05) is 6.54 Å². The Morgan fingerprint density at radius 3 is 2.88 bits per heavy atom. The third-order valence-electron chi connectivity index (χ3n) is 2.97. The molecule has 0 amide bonds. The number of hydrogen-bond acceptors (Lipinski definition) is 3. The molecule has 0 spiro atoms. The van der Waals surface area contributed by atoms with Crippen LogP contribution in [-0.4, -0.2) is 26.3 Å². The number of nitrogens with zero attached hydrogens (tertiary/aromatic N) is 3. The maximum absolute atomic E-state index is 5.56. The third kappa shape index (κ3) is 2.39. The Morgan fingerprint density at radius 2 is 2.29 bits per heavy atom. The summed E-state index contributed by atoms with van der Waals surface area (Å²) in [5.74, 6) is 1.36. The molecule has 0 fully saturated rings. The van der Waals surface area contributed by atoms with Crippen molar-refractivity contribution in [2.45, 2.75) is 26.2 Å². The van der Waals surface area contributed by atoms with Crippen molar-refractivity contribution in [3.8, 4) is 11.3 Å². The van der Waals surface area contributed by atoms with E-state index in [1.54, 1.807) is 0 Å². The Kier molecular flexibility index (Phi) is 3.28. The molecule has 2 rings (SSSR count). The molecule has 17 heavy (non-hydrogen) atoms. The van der Waals surface area contributed by atoms with Gasteiger partial charge in [0, 0.05) is 24.7 Å². The molecule has 0 aromatic carbocycles. The summed E-state index contributed by atoms with van der Waals surface area (Å²) in [7, 11) is 1.92. The lowest BCUT2D eigenvalue weighted by molar-refractivity contribution is 0.655. The van der Waals surface area contributed by atoms with E-state index in [0.29, 0.717) is 12.5 Å². The number of nitrogens with one attached hydrogen (secondary N) is 1. The molecule has 0 saturated carbocycles. The highest BCUT2D eigenvalue weighted by molar-refractivity contribution is 5.60. The first-order valence-electron chi connectivity index (χ1n) is 5.87. The van der Waals surface area contributed by atoms with Crippen LogP contribution >= 0.6 is 0 Å². The topological polar surface area (TPSA) is 72.5 Å². The number of rotatable bonds is 4. The third-order valence-corrected chi connectivity index (χ3v) is 2.97. The predicted molar refractivity (Wildman–Crippen MR) is 67.6 cm³/mol. The molecule has 3 N–H and O–H groups in total. The molecule has 1 atom stereocenters. The number of aryl methyl sites for hydroxylation is 2. The monoisotopic (exact) mass is 233 g/mol. The minimum atomic E-state index is 0.366. The highest BCUT2D eigenvalue weighted by Gasteiger charge is 2.12. The summed E-state index contributed by atoms with van der Waals surface area (Å²) in [6.07, 6.45) is 4.81. The van der Waals surface area contributed by atoms with Crippen LogP contribution < -0.4 is 5.73 Å². The quantitative estimate of drug-likeness (QED) is 0.842. The molecule has 92 valence electrons. The molecule has 2 aromatic heterocycles. The van der Waals surface area contributed by atoms with Gasteiger partial charge in [-0.25, -0.2) is 4.98 Å². The van der Waals surface area contributed by atoms with Crippen LogP contribution in [0.4, 0.5) is 0 Å². The van der Waals surface area contributed by atoms with Crippen LogP contribution in [0.25, 0.3) is 11.3 Å². The van der Waals surface area contributed by atoms with Gasteiger partial charge in [-0.1, -0.05) is 6.92 Å². The summed E-state index contributed by atoms with van der Waals surface area (Å²) in [6, 6.07) is 0. The molecule has 2 aromatic rings. The predicted octanol–water partition coefficient (Wildman–Crippen LogP) is 1.57. The summed E-state index contributed by atoms with van der Waals surface area (Å²) >= 11 is 0. The molecule has 2 heterocycles. The van der Waals surface area contributed by atoms with Gasteiger partial charge >= 0.3 is 0 Å². The standard InChI is InChI=1S/C12H19N5/c1-8(4-5-13)12-14-6-11(15-12)10-7-17(3)16-9(10)2/h6-8H,4-5,13H2,1-3H3,(H,14,15). The summed E-state index contributed by atoms with van der Waals surface area (Å²) in [6.45, 7) is 4.81. The van der Waals surface area contributed by atoms with Crippen molar-refractivity contribution < 1.29 is 0 Å². The minimum absolute atomic E-state index is 0.366. The Bertz CT molecular complexity index is 497. The first-order chi connectivity index (χ1) is 8.11. The van der Waals surface area contributed by atoms with E-state index in [9.17, 15) is 0 Å². The molecule has 0 aliphatic rings. The van der Waals surface area contributed by atoms with E-state index in [2.05, 4.69) is 22.0 Å². The van der Waals surface area contributed by atoms with Gasteiger partial charge < -0.3 is 10.7 Å². The fourth-order valence-electron chi connectivity index (χ4n) is 1.97. The van der Waals surface area contributed by atoms with Gasteiger partial charge in [0.15, 0.2) is 0 Å². The number of aromatic amines is 1. The Morgan fingerprint density at radius 1 is 1.53 bits per heavy atom. The van der Waals surface area contributed by atoms with Gasteiger partial charge in [0.1, 0.15) is 5.82 Å². The van der Waals surface area contributed by atoms with Crippen molar-refractivity contribution in [1.29, 1.82) is 0 Å². The van der Waals surface area contributed by atoms with Crippen LogP contribution in [0.2, 0.25) is 0 Å². The van der Waals surface area contributed by atoms with Crippen molar-refractivity contribution in [1.82, 2.24) is 19.7 Å². The summed E-state index contributed by atoms with van der Waals surface area (Å²) in [4.78, 5) is 7.76. The van der Waals surface area contributed by atoms with E-state index in [4.69, 9.17) is 5.73 Å². The molecule has 0 radical (unpaired) electrons. The fraction of sp³-hybridized carbons (Fsp3) is 0.500. The van der Waals surface area contributed by atoms with Gasteiger partial charge in [-0.3, -0.25) is 4.68 Å². The highest BCUT2D eigenvalue weighted by Crippen LogP contribution is 2.23. The lowest BCUT2D eigenvalue weighted by atomic mass is 10.1. The maximum atomic E-state index is 5.56. The van der Waals surface area contributed by atoms with Crippen molar-refractivity contribution in [3.63, 3.8) is 0 Å². The first kappa shape index (κ1) is 11.9. The molecule has 0 aliphatic carbocycles. The van der Waals surface area contributed by atoms with E-state index < -0.39 is 0 Å². The largest absolute Gasteiger partial charge is 0.342 e. The molecule has 0 saturated heterocycles. The summed E-state index contributed by atoms with van der Waals surface area (Å²) in [5.41, 5.74) is 8.69. The second kappa shape index (κ2) is 4.71. The molecule has 0 bridgehead atoms. The van der Waals surface area contributed by atoms with E-state index in [-0.39, 0.29) is 0 Å². The number of aromatic nitrogens is 4. The Balaban J connectivity index is 2.26. The average Bonchev–Trinajstić information content (AvgIpc) is 2.85. The van der Waals surface area contributed by atoms with E-state index in [0.717, 1.165) is 29.2 Å². The van der Waals surface area contributed by atoms with Gasteiger partial charge in [0.25, 0.3) is 0 Å². The fourth-order valence-corrected chi connectivity index (χ4v) is 1.97. The van der Waals surface area contributed by atoms with Crippen molar-refractivity contribution in [2.24, 2.45) is 12.8 Å². The number of hydrogen-bond donors (Lipinski definition) is 2. The zero-order valence-corrected chi connectivity index (χ0v) is 10.6. The summed E-state index contributed by atoms with van der Waals surface area (Å²) < 4.78 is 1.81. The van der Waals surface area contributed by atoms with Crippen LogP contribution in [0.3, 0.4) is 0 Å². The molecule has 0 aliphatic heterocycles. The number of nitrogens with two attached hydrogens (primary N) is 1. The Labute approximate surface area is 101 Å². The van der Waals surface area contributed by atoms with Crippen LogP contribution in [0.1, 0.15) is 30.8 Å². The zero-order chi connectivity index (χ0) is 12.4. The molecule has 1 unspecified atom stereocenters. The number of imidazole rings is 1. The van der Waals surface area contributed by atoms with Gasteiger partial charge in [-0.05, 0) is 19.9 Å². The number of H-pyrrole nitrogens is 1. The lowest BCUT2D eigenvalue weighted by Crippen LogP contribution is -2.05. The van der Waals surface area contributed by atoms with Gasteiger partial charge in [0.05, 0.1) is 17.6 Å². The SMILES string of the molecule is Cc1nn(C)cc1-c1cnc(C(C)CCN)[nH]1. The van der Waals surface area contributed by atoms with Gasteiger partial charge in [-0.15, -0.1) is 0 Å². The van der Waals surface area contributed by atoms with Crippen molar-refractivity contribution >= 4 is 0 Å². The molecular weight excluding hydrogens is 214 g/mol. The summed E-state index contributed by atoms with van der Waals surface area (Å²) in [5, 5.41) is 4.33. The molecule has 5 nitrogen and oxygen atoms in total. The van der Waals surface area contributed by atoms with E-state index in [1.807, 2.05) is 31.0 Å². The van der Waals surface area contributed by atoms with Crippen LogP contribution in [0, 0.1) is 6.92 Å². The second-order valence-electron chi connectivity index (χ2n) is 4.46. The van der Waals surface area contributed by atoms with Gasteiger partial charge in [0.2, 0.25) is 0 Å². The highest BCUT2D eigenvalue weighted by atomic mass is 15.2. The minimum Gasteiger partial charge on any atom is -0.342 e. The molecule has 5 heteroatoms. The first-order valence-corrected chi connectivity index (χ1v) is 5.87. The van der Waals surface area contributed by atoms with Crippen LogP contribution in [0.5, 0.6) is 0 Å². The lowest BCUT2D eigenvalue weighted by Gasteiger charge is -2.05.